The normalized spacial score (nSPS) is 24.1. The van der Waals surface area contributed by atoms with Crippen molar-refractivity contribution >= 4 is 35.9 Å². The average molecular weight is 610 g/mol. The Hall–Kier alpha value is -3.58. The molecule has 0 unspecified atom stereocenters. The van der Waals surface area contributed by atoms with Crippen LogP contribution in [0.3, 0.4) is 0 Å². The summed E-state index contributed by atoms with van der Waals surface area (Å²) in [5, 5.41) is 20.4. The van der Waals surface area contributed by atoms with E-state index in [4.69, 9.17) is 0 Å². The Bertz CT molecular complexity index is 1060. The molecular formula is C29H47N5O9. The molecule has 14 heteroatoms. The van der Waals surface area contributed by atoms with E-state index < -0.39 is 65.5 Å². The van der Waals surface area contributed by atoms with Crippen molar-refractivity contribution < 1.29 is 43.3 Å². The molecule has 1 heterocycles. The zero-order valence-electron chi connectivity index (χ0n) is 25.8. The largest absolute Gasteiger partial charge is 0.480 e. The van der Waals surface area contributed by atoms with E-state index in [0.717, 1.165) is 52.7 Å². The first kappa shape index (κ1) is 33.9. The van der Waals surface area contributed by atoms with Gasteiger partial charge in [0.15, 0.2) is 0 Å². The third kappa shape index (κ3) is 8.50. The van der Waals surface area contributed by atoms with Crippen molar-refractivity contribution in [3.05, 3.63) is 0 Å². The average Bonchev–Trinajstić information content (AvgIpc) is 3.57. The highest BCUT2D eigenvalue weighted by molar-refractivity contribution is 5.95. The molecule has 0 aromatic heterocycles. The molecule has 5 amide bonds. The van der Waals surface area contributed by atoms with Gasteiger partial charge in [0.05, 0.1) is 20.8 Å². The number of alkyl carbamates (subject to hydrolysis) is 2. The number of rotatable bonds is 10. The summed E-state index contributed by atoms with van der Waals surface area (Å²) in [6, 6.07) is -4.32. The van der Waals surface area contributed by atoms with Crippen LogP contribution in [-0.2, 0) is 28.7 Å². The minimum absolute atomic E-state index is 0.107. The van der Waals surface area contributed by atoms with Gasteiger partial charge in [-0.15, -0.1) is 0 Å². The molecule has 1 saturated heterocycles. The number of fused-ring (bicyclic) bond motifs is 1. The first-order chi connectivity index (χ1) is 20.3. The van der Waals surface area contributed by atoms with Crippen molar-refractivity contribution in [3.63, 3.8) is 0 Å². The molecule has 3 rings (SSSR count). The van der Waals surface area contributed by atoms with Crippen LogP contribution in [0.2, 0.25) is 0 Å². The van der Waals surface area contributed by atoms with Crippen molar-refractivity contribution in [2.24, 2.45) is 23.2 Å². The van der Waals surface area contributed by atoms with Gasteiger partial charge in [0.2, 0.25) is 17.7 Å². The summed E-state index contributed by atoms with van der Waals surface area (Å²) < 4.78 is 9.16. The second-order valence-electron chi connectivity index (χ2n) is 12.9. The number of ether oxygens (including phenoxy) is 2. The van der Waals surface area contributed by atoms with Crippen molar-refractivity contribution in [2.75, 3.05) is 27.3 Å². The topological polar surface area (TPSA) is 192 Å². The maximum atomic E-state index is 14.0. The number of amides is 5. The predicted octanol–water partition coefficient (Wildman–Crippen LogP) is 1.37. The van der Waals surface area contributed by atoms with Gasteiger partial charge in [-0.25, -0.2) is 14.4 Å². The molecule has 0 radical (unpaired) electrons. The van der Waals surface area contributed by atoms with E-state index in [2.05, 4.69) is 30.7 Å². The van der Waals surface area contributed by atoms with Gasteiger partial charge in [0.1, 0.15) is 24.2 Å². The highest BCUT2D eigenvalue weighted by atomic mass is 16.5. The van der Waals surface area contributed by atoms with Gasteiger partial charge in [0.25, 0.3) is 0 Å². The van der Waals surface area contributed by atoms with Gasteiger partial charge in [-0.2, -0.15) is 0 Å². The first-order valence-corrected chi connectivity index (χ1v) is 15.1. The number of methoxy groups -OCH3 is 2. The van der Waals surface area contributed by atoms with Crippen LogP contribution in [0.1, 0.15) is 72.1 Å². The molecule has 43 heavy (non-hydrogen) atoms. The quantitative estimate of drug-likeness (QED) is 0.243. The third-order valence-electron chi connectivity index (χ3n) is 8.96. The van der Waals surface area contributed by atoms with Crippen molar-refractivity contribution in [1.82, 2.24) is 26.2 Å². The Kier molecular flexibility index (Phi) is 11.6. The van der Waals surface area contributed by atoms with E-state index in [-0.39, 0.29) is 24.3 Å². The number of carboxylic acid groups (broad SMARTS) is 1. The van der Waals surface area contributed by atoms with Crippen LogP contribution in [0.4, 0.5) is 9.59 Å². The van der Waals surface area contributed by atoms with Crippen molar-refractivity contribution in [3.8, 4) is 0 Å². The number of carboxylic acids is 1. The fraction of sp³-hybridized carbons (Fsp3) is 0.793. The van der Waals surface area contributed by atoms with E-state index in [0.29, 0.717) is 19.4 Å². The van der Waals surface area contributed by atoms with Gasteiger partial charge in [-0.05, 0) is 48.9 Å². The summed E-state index contributed by atoms with van der Waals surface area (Å²) >= 11 is 0. The lowest BCUT2D eigenvalue weighted by molar-refractivity contribution is -0.152. The number of nitrogens with one attached hydrogen (secondary N) is 4. The number of carbonyl (C=O) groups is 6. The van der Waals surface area contributed by atoms with E-state index in [1.54, 1.807) is 20.8 Å². The zero-order valence-corrected chi connectivity index (χ0v) is 25.8. The number of nitrogens with zero attached hydrogens (tertiary/aromatic N) is 1. The number of carbonyl (C=O) groups excluding carboxylic acids is 5. The lowest BCUT2D eigenvalue weighted by Crippen LogP contribution is -2.63. The molecular weight excluding hydrogens is 562 g/mol. The summed E-state index contributed by atoms with van der Waals surface area (Å²) in [4.78, 5) is 78.6. The van der Waals surface area contributed by atoms with Crippen LogP contribution in [-0.4, -0.2) is 97.4 Å². The second-order valence-corrected chi connectivity index (χ2v) is 12.9. The van der Waals surface area contributed by atoms with Crippen LogP contribution in [0, 0.1) is 23.2 Å². The Morgan fingerprint density at radius 3 is 2.07 bits per heavy atom. The summed E-state index contributed by atoms with van der Waals surface area (Å²) in [5.74, 6) is -3.03. The molecule has 3 fully saturated rings. The van der Waals surface area contributed by atoms with Gasteiger partial charge in [0, 0.05) is 6.54 Å². The fourth-order valence-electron chi connectivity index (χ4n) is 6.68. The maximum absolute atomic E-state index is 14.0. The molecule has 2 aliphatic carbocycles. The summed E-state index contributed by atoms with van der Waals surface area (Å²) in [6.45, 7) is 5.39. The predicted molar refractivity (Wildman–Crippen MR) is 154 cm³/mol. The molecule has 0 aromatic rings. The number of hydrogen-bond donors (Lipinski definition) is 5. The molecule has 3 aliphatic rings. The van der Waals surface area contributed by atoms with Crippen molar-refractivity contribution in [2.45, 2.75) is 96.3 Å². The molecule has 1 aliphatic heterocycles. The van der Waals surface area contributed by atoms with Crippen LogP contribution in [0.5, 0.6) is 0 Å². The highest BCUT2D eigenvalue weighted by Crippen LogP contribution is 2.43. The van der Waals surface area contributed by atoms with Gasteiger partial charge in [-0.3, -0.25) is 14.4 Å². The molecule has 6 atom stereocenters. The van der Waals surface area contributed by atoms with Gasteiger partial charge >= 0.3 is 18.2 Å². The minimum atomic E-state index is -1.29. The van der Waals surface area contributed by atoms with E-state index in [1.165, 1.54) is 4.90 Å². The van der Waals surface area contributed by atoms with E-state index in [9.17, 15) is 33.9 Å². The Morgan fingerprint density at radius 1 is 0.837 bits per heavy atom. The third-order valence-corrected chi connectivity index (χ3v) is 8.96. The lowest BCUT2D eigenvalue weighted by atomic mass is 9.82. The molecule has 0 bridgehead atoms. The summed E-state index contributed by atoms with van der Waals surface area (Å²) in [6.07, 6.45) is 4.86. The monoisotopic (exact) mass is 609 g/mol. The molecule has 0 spiro atoms. The molecule has 0 aromatic carbocycles. The van der Waals surface area contributed by atoms with Crippen molar-refractivity contribution in [1.29, 1.82) is 0 Å². The fourth-order valence-corrected chi connectivity index (χ4v) is 6.68. The van der Waals surface area contributed by atoms with E-state index in [1.807, 2.05) is 0 Å². The number of likely N-dealkylation sites (tertiary alicyclic amines) is 1. The summed E-state index contributed by atoms with van der Waals surface area (Å²) in [7, 11) is 2.28. The second kappa shape index (κ2) is 14.7. The molecule has 5 N–H and O–H groups in total. The standard InChI is InChI=1S/C29H47N5O9/c1-29(2,3)22(25(37)34-15-17-12-9-13-18(17)21(34)26(38)39)33-24(36)20(16-10-7-6-8-11-16)32-23(35)19(31-28(41)43-5)14-30-27(40)42-4/h16-22H,6-15H2,1-5H3,(H,30,40)(H,31,41)(H,32,35)(H,33,36)(H,38,39)/t17-,18-,19-,20-,21-,22+/m0/s1. The molecule has 242 valence electrons. The molecule has 2 saturated carbocycles. The highest BCUT2D eigenvalue weighted by Gasteiger charge is 2.52. The van der Waals surface area contributed by atoms with Gasteiger partial charge in [-0.1, -0.05) is 46.5 Å². The minimum Gasteiger partial charge on any atom is -0.480 e. The van der Waals surface area contributed by atoms with Crippen LogP contribution in [0.15, 0.2) is 0 Å². The number of hydrogen-bond acceptors (Lipinski definition) is 8. The Labute approximate surface area is 252 Å². The zero-order chi connectivity index (χ0) is 31.9. The van der Waals surface area contributed by atoms with Crippen LogP contribution >= 0.6 is 0 Å². The lowest BCUT2D eigenvalue weighted by Gasteiger charge is -2.38. The first-order valence-electron chi connectivity index (χ1n) is 15.1. The Balaban J connectivity index is 1.84. The molecule has 14 nitrogen and oxygen atoms in total. The van der Waals surface area contributed by atoms with Gasteiger partial charge < -0.3 is 40.7 Å². The summed E-state index contributed by atoms with van der Waals surface area (Å²) in [5.41, 5.74) is -0.770. The number of aliphatic carboxylic acids is 1. The van der Waals surface area contributed by atoms with Crippen LogP contribution < -0.4 is 21.3 Å². The maximum Gasteiger partial charge on any atom is 0.407 e. The van der Waals surface area contributed by atoms with Crippen LogP contribution in [0.25, 0.3) is 0 Å². The Morgan fingerprint density at radius 2 is 1.49 bits per heavy atom. The SMILES string of the molecule is COC(=O)NC[C@H](NC(=O)OC)C(=O)N[C@H](C(=O)N[C@H](C(=O)N1C[C@@H]2CCC[C@@H]2[C@H]1C(=O)O)C(C)(C)C)C1CCCCC1. The smallest absolute Gasteiger partial charge is 0.407 e. The van der Waals surface area contributed by atoms with E-state index >= 15 is 0 Å².